The van der Waals surface area contributed by atoms with Crippen LogP contribution in [0.4, 0.5) is 19.0 Å². The van der Waals surface area contributed by atoms with E-state index in [9.17, 15) is 26.4 Å². The van der Waals surface area contributed by atoms with Crippen LogP contribution in [-0.2, 0) is 21.0 Å². The molecule has 152 valence electrons. The quantitative estimate of drug-likeness (QED) is 0.445. The van der Waals surface area contributed by atoms with Crippen molar-refractivity contribution < 1.29 is 31.2 Å². The summed E-state index contributed by atoms with van der Waals surface area (Å²) < 4.78 is 62.1. The molecule has 0 atom stereocenters. The number of anilines is 1. The maximum atomic E-state index is 12.9. The van der Waals surface area contributed by atoms with E-state index >= 15 is 0 Å². The van der Waals surface area contributed by atoms with Crippen molar-refractivity contribution in [1.29, 1.82) is 0 Å². The Morgan fingerprint density at radius 2 is 1.82 bits per heavy atom. The molecule has 0 spiro atoms. The summed E-state index contributed by atoms with van der Waals surface area (Å²) in [6.07, 6.45) is -3.32. The van der Waals surface area contributed by atoms with E-state index in [0.29, 0.717) is 0 Å². The van der Waals surface area contributed by atoms with Crippen molar-refractivity contribution in [3.63, 3.8) is 0 Å². The molecule has 1 amide bonds. The lowest BCUT2D eigenvalue weighted by Gasteiger charge is -2.13. The monoisotopic (exact) mass is 418 g/mol. The summed E-state index contributed by atoms with van der Waals surface area (Å²) in [5, 5.41) is 5.03. The van der Waals surface area contributed by atoms with E-state index in [1.807, 2.05) is 4.89 Å². The van der Waals surface area contributed by atoms with Crippen molar-refractivity contribution >= 4 is 21.7 Å². The van der Waals surface area contributed by atoms with Crippen LogP contribution >= 0.6 is 0 Å². The lowest BCUT2D eigenvalue weighted by molar-refractivity contribution is -0.137. The highest BCUT2D eigenvalue weighted by Crippen LogP contribution is 2.33. The average Bonchev–Trinajstić information content (AvgIpc) is 2.64. The molecule has 0 saturated carbocycles. The number of amides is 1. The Bertz CT molecular complexity index is 918. The number of nitrogens with one attached hydrogen (secondary N) is 3. The van der Waals surface area contributed by atoms with Crippen LogP contribution in [0.5, 0.6) is 0 Å². The van der Waals surface area contributed by atoms with Gasteiger partial charge in [0.2, 0.25) is 0 Å². The van der Waals surface area contributed by atoms with E-state index in [1.165, 1.54) is 36.5 Å². The molecule has 0 radical (unpaired) electrons. The number of alkyl halides is 3. The summed E-state index contributed by atoms with van der Waals surface area (Å²) in [6, 6.07) is 7.13. The third-order valence-electron chi connectivity index (χ3n) is 3.44. The maximum Gasteiger partial charge on any atom is 0.419 e. The van der Waals surface area contributed by atoms with Crippen LogP contribution in [0.2, 0.25) is 0 Å². The zero-order valence-corrected chi connectivity index (χ0v) is 15.4. The predicted octanol–water partition coefficient (Wildman–Crippen LogP) is 1.78. The Balaban J connectivity index is 1.90. The van der Waals surface area contributed by atoms with Gasteiger partial charge in [0.05, 0.1) is 17.6 Å². The molecule has 28 heavy (non-hydrogen) atoms. The second-order valence-electron chi connectivity index (χ2n) is 5.40. The Hall–Kier alpha value is -2.70. The molecule has 0 unspecified atom stereocenters. The molecular formula is C16H17F3N4O4S. The van der Waals surface area contributed by atoms with Crippen LogP contribution in [0.1, 0.15) is 15.9 Å². The van der Waals surface area contributed by atoms with Gasteiger partial charge in [0.25, 0.3) is 15.9 Å². The minimum absolute atomic E-state index is 0.00998. The van der Waals surface area contributed by atoms with Gasteiger partial charge in [0, 0.05) is 24.8 Å². The molecule has 0 saturated heterocycles. The molecule has 1 aromatic carbocycles. The zero-order chi connectivity index (χ0) is 20.8. The lowest BCUT2D eigenvalue weighted by Crippen LogP contribution is -2.29. The van der Waals surface area contributed by atoms with Gasteiger partial charge in [-0.2, -0.15) is 13.2 Å². The Morgan fingerprint density at radius 1 is 1.14 bits per heavy atom. The van der Waals surface area contributed by atoms with Crippen LogP contribution in [0.3, 0.4) is 0 Å². The Morgan fingerprint density at radius 3 is 2.43 bits per heavy atom. The standard InChI is InChI=1S/C16H17F3N4O4S/c1-27-23-28(25,26)12-6-4-11(5-7-12)15(24)22-10-9-21-14-13(16(17,18)19)3-2-8-20-14/h2-8,23H,9-10H2,1H3,(H,20,21)(H,22,24). The van der Waals surface area contributed by atoms with Crippen molar-refractivity contribution in [3.8, 4) is 0 Å². The molecule has 3 N–H and O–H groups in total. The average molecular weight is 418 g/mol. The van der Waals surface area contributed by atoms with Gasteiger partial charge >= 0.3 is 6.18 Å². The molecule has 8 nitrogen and oxygen atoms in total. The molecule has 1 aromatic heterocycles. The summed E-state index contributed by atoms with van der Waals surface area (Å²) in [4.78, 5) is 21.8. The van der Waals surface area contributed by atoms with Gasteiger partial charge in [0.15, 0.2) is 0 Å². The smallest absolute Gasteiger partial charge is 0.368 e. The molecular weight excluding hydrogens is 401 g/mol. The van der Waals surface area contributed by atoms with Crippen molar-refractivity contribution in [2.45, 2.75) is 11.1 Å². The first-order chi connectivity index (χ1) is 13.1. The molecule has 0 fully saturated rings. The second kappa shape index (κ2) is 8.99. The third-order valence-corrected chi connectivity index (χ3v) is 4.71. The molecule has 0 bridgehead atoms. The summed E-state index contributed by atoms with van der Waals surface area (Å²) in [5.41, 5.74) is -0.715. The van der Waals surface area contributed by atoms with E-state index < -0.39 is 27.7 Å². The van der Waals surface area contributed by atoms with Crippen molar-refractivity contribution in [2.24, 2.45) is 0 Å². The number of hydrogen-bond acceptors (Lipinski definition) is 6. The largest absolute Gasteiger partial charge is 0.419 e. The highest BCUT2D eigenvalue weighted by Gasteiger charge is 2.33. The van der Waals surface area contributed by atoms with E-state index in [0.717, 1.165) is 13.2 Å². The Labute approximate surface area is 159 Å². The summed E-state index contributed by atoms with van der Waals surface area (Å²) >= 11 is 0. The number of halogens is 3. The number of sulfonamides is 1. The molecule has 12 heteroatoms. The number of carbonyl (C=O) groups is 1. The van der Waals surface area contributed by atoms with Gasteiger partial charge in [-0.05, 0) is 36.4 Å². The lowest BCUT2D eigenvalue weighted by atomic mass is 10.2. The second-order valence-corrected chi connectivity index (χ2v) is 7.04. The fourth-order valence-electron chi connectivity index (χ4n) is 2.18. The SMILES string of the molecule is CONS(=O)(=O)c1ccc(C(=O)NCCNc2ncccc2C(F)(F)F)cc1. The van der Waals surface area contributed by atoms with Crippen LogP contribution in [0.25, 0.3) is 0 Å². The number of hydrogen-bond donors (Lipinski definition) is 3. The minimum atomic E-state index is -4.54. The van der Waals surface area contributed by atoms with Crippen molar-refractivity contribution in [1.82, 2.24) is 15.2 Å². The zero-order valence-electron chi connectivity index (χ0n) is 14.6. The Kier molecular flexibility index (Phi) is 6.94. The third kappa shape index (κ3) is 5.65. The first-order valence-corrected chi connectivity index (χ1v) is 9.32. The number of carbonyl (C=O) groups excluding carboxylic acids is 1. The van der Waals surface area contributed by atoms with Crippen LogP contribution < -0.4 is 15.5 Å². The predicted molar refractivity (Wildman–Crippen MR) is 93.8 cm³/mol. The highest BCUT2D eigenvalue weighted by molar-refractivity contribution is 7.89. The highest BCUT2D eigenvalue weighted by atomic mass is 32.2. The minimum Gasteiger partial charge on any atom is -0.368 e. The number of aromatic nitrogens is 1. The van der Waals surface area contributed by atoms with E-state index in [4.69, 9.17) is 0 Å². The van der Waals surface area contributed by atoms with Crippen LogP contribution in [-0.4, -0.2) is 39.5 Å². The molecule has 0 aliphatic rings. The van der Waals surface area contributed by atoms with E-state index in [-0.39, 0.29) is 29.4 Å². The summed E-state index contributed by atoms with van der Waals surface area (Å²) in [5.74, 6) is -0.841. The number of benzene rings is 1. The molecule has 2 rings (SSSR count). The van der Waals surface area contributed by atoms with Gasteiger partial charge in [0.1, 0.15) is 5.82 Å². The number of nitrogens with zero attached hydrogens (tertiary/aromatic N) is 1. The topological polar surface area (TPSA) is 109 Å². The van der Waals surface area contributed by atoms with Crippen molar-refractivity contribution in [2.75, 3.05) is 25.5 Å². The van der Waals surface area contributed by atoms with Crippen molar-refractivity contribution in [3.05, 3.63) is 53.7 Å². The van der Waals surface area contributed by atoms with Gasteiger partial charge in [-0.15, -0.1) is 0 Å². The number of rotatable bonds is 8. The van der Waals surface area contributed by atoms with Crippen LogP contribution in [0.15, 0.2) is 47.5 Å². The first-order valence-electron chi connectivity index (χ1n) is 7.84. The van der Waals surface area contributed by atoms with Gasteiger partial charge in [-0.1, -0.05) is 4.89 Å². The first kappa shape index (κ1) is 21.6. The van der Waals surface area contributed by atoms with E-state index in [2.05, 4.69) is 20.5 Å². The molecule has 0 aliphatic heterocycles. The van der Waals surface area contributed by atoms with Crippen LogP contribution in [0, 0.1) is 0 Å². The summed E-state index contributed by atoms with van der Waals surface area (Å²) in [6.45, 7) is 0.0358. The van der Waals surface area contributed by atoms with Gasteiger partial charge in [-0.3, -0.25) is 9.63 Å². The van der Waals surface area contributed by atoms with E-state index in [1.54, 1.807) is 0 Å². The summed E-state index contributed by atoms with van der Waals surface area (Å²) in [7, 11) is -2.68. The van der Waals surface area contributed by atoms with Gasteiger partial charge < -0.3 is 10.6 Å². The normalized spacial score (nSPS) is 11.9. The fraction of sp³-hybridized carbons (Fsp3) is 0.250. The fourth-order valence-corrected chi connectivity index (χ4v) is 2.99. The molecule has 0 aliphatic carbocycles. The van der Waals surface area contributed by atoms with Gasteiger partial charge in [-0.25, -0.2) is 13.4 Å². The molecule has 2 aromatic rings. The molecule has 1 heterocycles. The number of pyridine rings is 1. The maximum absolute atomic E-state index is 12.9.